The highest BCUT2D eigenvalue weighted by Gasteiger charge is 2.15. The van der Waals surface area contributed by atoms with Crippen LogP contribution in [0.1, 0.15) is 10.4 Å². The molecular formula is C9H10N2O4. The van der Waals surface area contributed by atoms with Gasteiger partial charge in [0.05, 0.1) is 17.6 Å². The van der Waals surface area contributed by atoms with Gasteiger partial charge in [0.15, 0.2) is 5.78 Å². The van der Waals surface area contributed by atoms with Crippen LogP contribution in [0.2, 0.25) is 0 Å². The monoisotopic (exact) mass is 210 g/mol. The number of rotatable bonds is 4. The molecule has 3 N–H and O–H groups in total. The van der Waals surface area contributed by atoms with E-state index >= 15 is 0 Å². The molecule has 6 heteroatoms. The van der Waals surface area contributed by atoms with Crippen LogP contribution in [0.25, 0.3) is 0 Å². The number of aliphatic hydroxyl groups excluding tert-OH is 1. The molecule has 0 radical (unpaired) electrons. The van der Waals surface area contributed by atoms with Gasteiger partial charge in [-0.2, -0.15) is 0 Å². The minimum atomic E-state index is -0.980. The molecule has 0 heterocycles. The Hall–Kier alpha value is -1.79. The summed E-state index contributed by atoms with van der Waals surface area (Å²) in [6, 6.07) is 4.09. The van der Waals surface area contributed by atoms with Crippen molar-refractivity contribution in [1.29, 1.82) is 0 Å². The van der Waals surface area contributed by atoms with Crippen LogP contribution in [0.3, 0.4) is 0 Å². The highest BCUT2D eigenvalue weighted by molar-refractivity contribution is 6.00. The Kier molecular flexibility index (Phi) is 3.48. The second-order valence-electron chi connectivity index (χ2n) is 2.96. The molecule has 1 aromatic rings. The van der Waals surface area contributed by atoms with Gasteiger partial charge in [-0.1, -0.05) is 0 Å². The Morgan fingerprint density at radius 3 is 2.40 bits per heavy atom. The van der Waals surface area contributed by atoms with Crippen molar-refractivity contribution in [2.75, 3.05) is 6.61 Å². The van der Waals surface area contributed by atoms with Crippen LogP contribution in [0.15, 0.2) is 24.3 Å². The van der Waals surface area contributed by atoms with Gasteiger partial charge >= 0.3 is 0 Å². The predicted octanol–water partition coefficient (Wildman–Crippen LogP) is 0.0971. The molecule has 0 spiro atoms. The molecule has 0 saturated carbocycles. The van der Waals surface area contributed by atoms with E-state index in [0.717, 1.165) is 0 Å². The lowest BCUT2D eigenvalue weighted by atomic mass is 10.1. The van der Waals surface area contributed by atoms with Crippen molar-refractivity contribution in [3.8, 4) is 0 Å². The molecule has 0 bridgehead atoms. The van der Waals surface area contributed by atoms with Gasteiger partial charge in [0.2, 0.25) is 0 Å². The molecule has 6 nitrogen and oxygen atoms in total. The van der Waals surface area contributed by atoms with E-state index < -0.39 is 23.4 Å². The third-order valence-electron chi connectivity index (χ3n) is 1.90. The Morgan fingerprint density at radius 2 is 2.00 bits per heavy atom. The number of non-ortho nitro benzene ring substituents is 1. The molecule has 0 aliphatic carbocycles. The summed E-state index contributed by atoms with van der Waals surface area (Å²) < 4.78 is 0. The summed E-state index contributed by atoms with van der Waals surface area (Å²) in [4.78, 5) is 21.2. The van der Waals surface area contributed by atoms with Crippen molar-refractivity contribution in [1.82, 2.24) is 0 Å². The fourth-order valence-electron chi connectivity index (χ4n) is 1.04. The van der Waals surface area contributed by atoms with E-state index in [4.69, 9.17) is 10.8 Å². The maximum absolute atomic E-state index is 11.4. The Labute approximate surface area is 85.5 Å². The van der Waals surface area contributed by atoms with Crippen LogP contribution in [-0.4, -0.2) is 28.5 Å². The number of hydrogen-bond acceptors (Lipinski definition) is 5. The van der Waals surface area contributed by atoms with Crippen molar-refractivity contribution in [3.63, 3.8) is 0 Å². The van der Waals surface area contributed by atoms with Crippen LogP contribution >= 0.6 is 0 Å². The molecular weight excluding hydrogens is 200 g/mol. The molecule has 0 aliphatic heterocycles. The summed E-state index contributed by atoms with van der Waals surface area (Å²) in [6.45, 7) is -0.449. The Morgan fingerprint density at radius 1 is 1.47 bits per heavy atom. The second-order valence-corrected chi connectivity index (χ2v) is 2.96. The van der Waals surface area contributed by atoms with Crippen molar-refractivity contribution in [2.45, 2.75) is 6.04 Å². The highest BCUT2D eigenvalue weighted by Crippen LogP contribution is 2.12. The topological polar surface area (TPSA) is 106 Å². The standard InChI is InChI=1S/C9H10N2O4/c10-8(5-12)9(13)6-1-3-7(4-2-6)11(14)15/h1-4,8,12H,5,10H2/t8-/m1/s1. The summed E-state index contributed by atoms with van der Waals surface area (Å²) in [5, 5.41) is 19.0. The first-order valence-corrected chi connectivity index (χ1v) is 4.21. The SMILES string of the molecule is N[C@H](CO)C(=O)c1ccc([N+](=O)[O-])cc1. The number of benzene rings is 1. The second kappa shape index (κ2) is 4.63. The summed E-state index contributed by atoms with van der Waals surface area (Å²) >= 11 is 0. The molecule has 1 aromatic carbocycles. The van der Waals surface area contributed by atoms with Crippen LogP contribution in [-0.2, 0) is 0 Å². The van der Waals surface area contributed by atoms with E-state index in [1.807, 2.05) is 0 Å². The summed E-state index contributed by atoms with van der Waals surface area (Å²) in [5.41, 5.74) is 5.47. The lowest BCUT2D eigenvalue weighted by Gasteiger charge is -2.05. The average molecular weight is 210 g/mol. The molecule has 0 amide bonds. The highest BCUT2D eigenvalue weighted by atomic mass is 16.6. The van der Waals surface area contributed by atoms with Crippen molar-refractivity contribution < 1.29 is 14.8 Å². The molecule has 1 rings (SSSR count). The van der Waals surface area contributed by atoms with Crippen molar-refractivity contribution >= 4 is 11.5 Å². The van der Waals surface area contributed by atoms with Crippen LogP contribution < -0.4 is 5.73 Å². The first-order chi connectivity index (χ1) is 7.06. The zero-order valence-corrected chi connectivity index (χ0v) is 7.79. The number of nitrogens with zero attached hydrogens (tertiary/aromatic N) is 1. The number of Topliss-reactive ketones (excluding diaryl/α,β-unsaturated/α-hetero) is 1. The smallest absolute Gasteiger partial charge is 0.269 e. The first kappa shape index (κ1) is 11.3. The maximum atomic E-state index is 11.4. The van der Waals surface area contributed by atoms with Gasteiger partial charge in [0, 0.05) is 17.7 Å². The zero-order valence-electron chi connectivity index (χ0n) is 7.79. The number of nitro groups is 1. The average Bonchev–Trinajstić information content (AvgIpc) is 2.27. The lowest BCUT2D eigenvalue weighted by molar-refractivity contribution is -0.384. The molecule has 0 aliphatic rings. The van der Waals surface area contributed by atoms with Gasteiger partial charge in [0.1, 0.15) is 0 Å². The van der Waals surface area contributed by atoms with Gasteiger partial charge < -0.3 is 10.8 Å². The Balaban J connectivity index is 2.89. The number of nitro benzene ring substituents is 1. The number of hydrogen-bond donors (Lipinski definition) is 2. The maximum Gasteiger partial charge on any atom is 0.269 e. The predicted molar refractivity (Wildman–Crippen MR) is 52.5 cm³/mol. The normalized spacial score (nSPS) is 12.1. The number of carbonyl (C=O) groups is 1. The van der Waals surface area contributed by atoms with E-state index in [1.54, 1.807) is 0 Å². The van der Waals surface area contributed by atoms with E-state index in [1.165, 1.54) is 24.3 Å². The van der Waals surface area contributed by atoms with E-state index in [0.29, 0.717) is 0 Å². The molecule has 1 atom stereocenters. The van der Waals surface area contributed by atoms with Crippen LogP contribution in [0.4, 0.5) is 5.69 Å². The summed E-state index contributed by atoms with van der Waals surface area (Å²) in [7, 11) is 0. The lowest BCUT2D eigenvalue weighted by Crippen LogP contribution is -2.33. The van der Waals surface area contributed by atoms with Gasteiger partial charge in [-0.05, 0) is 12.1 Å². The number of ketones is 1. The van der Waals surface area contributed by atoms with E-state index in [-0.39, 0.29) is 11.3 Å². The minimum Gasteiger partial charge on any atom is -0.394 e. The molecule has 0 unspecified atom stereocenters. The third-order valence-corrected chi connectivity index (χ3v) is 1.90. The molecule has 80 valence electrons. The van der Waals surface area contributed by atoms with E-state index in [9.17, 15) is 14.9 Å². The summed E-state index contributed by atoms with van der Waals surface area (Å²) in [5.74, 6) is -0.438. The molecule has 0 aromatic heterocycles. The number of carbonyl (C=O) groups excluding carboxylic acids is 1. The fourth-order valence-corrected chi connectivity index (χ4v) is 1.04. The quantitative estimate of drug-likeness (QED) is 0.416. The van der Waals surface area contributed by atoms with Gasteiger partial charge in [0.25, 0.3) is 5.69 Å². The third kappa shape index (κ3) is 2.58. The van der Waals surface area contributed by atoms with E-state index in [2.05, 4.69) is 0 Å². The molecule has 15 heavy (non-hydrogen) atoms. The molecule has 0 saturated heterocycles. The van der Waals surface area contributed by atoms with Gasteiger partial charge in [-0.25, -0.2) is 0 Å². The zero-order chi connectivity index (χ0) is 11.4. The van der Waals surface area contributed by atoms with Gasteiger partial charge in [-0.3, -0.25) is 14.9 Å². The number of nitrogens with two attached hydrogens (primary N) is 1. The van der Waals surface area contributed by atoms with Gasteiger partial charge in [-0.15, -0.1) is 0 Å². The molecule has 0 fully saturated rings. The minimum absolute atomic E-state index is 0.0934. The first-order valence-electron chi connectivity index (χ1n) is 4.21. The largest absolute Gasteiger partial charge is 0.394 e. The van der Waals surface area contributed by atoms with Crippen LogP contribution in [0.5, 0.6) is 0 Å². The fraction of sp³-hybridized carbons (Fsp3) is 0.222. The Bertz CT molecular complexity index is 374. The van der Waals surface area contributed by atoms with Crippen LogP contribution in [0, 0.1) is 10.1 Å². The summed E-state index contributed by atoms with van der Waals surface area (Å²) in [6.07, 6.45) is 0. The van der Waals surface area contributed by atoms with Crippen molar-refractivity contribution in [3.05, 3.63) is 39.9 Å². The van der Waals surface area contributed by atoms with Crippen molar-refractivity contribution in [2.24, 2.45) is 5.73 Å². The number of aliphatic hydroxyl groups is 1.